The predicted octanol–water partition coefficient (Wildman–Crippen LogP) is 2.13. The van der Waals surface area contributed by atoms with Crippen LogP contribution < -0.4 is 14.8 Å². The van der Waals surface area contributed by atoms with Crippen LogP contribution in [0.3, 0.4) is 0 Å². The van der Waals surface area contributed by atoms with Crippen molar-refractivity contribution in [2.45, 2.75) is 37.8 Å². The molecular weight excluding hydrogens is 424 g/mol. The number of sulfonamides is 1. The molecule has 0 aliphatic carbocycles. The summed E-state index contributed by atoms with van der Waals surface area (Å²) in [5.74, 6) is -1.22. The minimum atomic E-state index is -3.99. The molecule has 2 aromatic carbocycles. The second-order valence-corrected chi connectivity index (χ2v) is 8.44. The Balaban J connectivity index is 1.97. The number of Topliss-reactive ketones (excluding diaryl/α,β-unsaturated/α-hetero) is 1. The summed E-state index contributed by atoms with van der Waals surface area (Å²) in [5.41, 5.74) is 0.790. The summed E-state index contributed by atoms with van der Waals surface area (Å²) >= 11 is 0. The number of carbonyl (C=O) groups is 3. The van der Waals surface area contributed by atoms with Gasteiger partial charge in [0.1, 0.15) is 11.8 Å². The molecule has 31 heavy (non-hydrogen) atoms. The summed E-state index contributed by atoms with van der Waals surface area (Å²) in [6.45, 7) is 4.07. The fourth-order valence-corrected chi connectivity index (χ4v) is 3.69. The minimum Gasteiger partial charge on any atom is -0.497 e. The van der Waals surface area contributed by atoms with Crippen LogP contribution in [-0.2, 0) is 24.3 Å². The molecule has 0 fully saturated rings. The van der Waals surface area contributed by atoms with Crippen molar-refractivity contribution < 1.29 is 32.3 Å². The molecule has 2 unspecified atom stereocenters. The largest absolute Gasteiger partial charge is 0.497 e. The van der Waals surface area contributed by atoms with E-state index in [2.05, 4.69) is 10.0 Å². The number of rotatable bonds is 9. The van der Waals surface area contributed by atoms with Crippen molar-refractivity contribution in [3.05, 3.63) is 54.1 Å². The lowest BCUT2D eigenvalue weighted by Crippen LogP contribution is -2.42. The zero-order valence-corrected chi connectivity index (χ0v) is 18.4. The van der Waals surface area contributed by atoms with Gasteiger partial charge in [-0.15, -0.1) is 0 Å². The smallest absolute Gasteiger partial charge is 0.324 e. The van der Waals surface area contributed by atoms with E-state index in [1.165, 1.54) is 58.2 Å². The number of ether oxygens (including phenoxy) is 2. The van der Waals surface area contributed by atoms with Gasteiger partial charge in [-0.3, -0.25) is 14.4 Å². The molecule has 2 N–H and O–H groups in total. The normalized spacial score (nSPS) is 13.0. The van der Waals surface area contributed by atoms with E-state index in [9.17, 15) is 22.8 Å². The molecule has 0 aliphatic heterocycles. The highest BCUT2D eigenvalue weighted by Gasteiger charge is 2.26. The predicted molar refractivity (Wildman–Crippen MR) is 113 cm³/mol. The van der Waals surface area contributed by atoms with Crippen molar-refractivity contribution in [1.29, 1.82) is 0 Å². The van der Waals surface area contributed by atoms with Crippen LogP contribution in [0.1, 0.15) is 31.1 Å². The first-order chi connectivity index (χ1) is 14.5. The van der Waals surface area contributed by atoms with Gasteiger partial charge in [0.15, 0.2) is 11.9 Å². The maximum Gasteiger partial charge on any atom is 0.324 e. The third-order valence-electron chi connectivity index (χ3n) is 4.25. The van der Waals surface area contributed by atoms with E-state index in [0.29, 0.717) is 17.0 Å². The molecule has 0 aliphatic rings. The quantitative estimate of drug-likeness (QED) is 0.444. The molecule has 0 saturated heterocycles. The number of benzene rings is 2. The molecular formula is C21H24N2O7S. The van der Waals surface area contributed by atoms with Crippen LogP contribution in [0, 0.1) is 0 Å². The van der Waals surface area contributed by atoms with E-state index < -0.39 is 34.0 Å². The van der Waals surface area contributed by atoms with Gasteiger partial charge < -0.3 is 14.8 Å². The second-order valence-electron chi connectivity index (χ2n) is 6.72. The molecule has 2 atom stereocenters. The zero-order chi connectivity index (χ0) is 23.2. The van der Waals surface area contributed by atoms with Gasteiger partial charge in [0.05, 0.1) is 12.0 Å². The molecule has 9 nitrogen and oxygen atoms in total. The fraction of sp³-hybridized carbons (Fsp3) is 0.286. The van der Waals surface area contributed by atoms with Crippen molar-refractivity contribution in [3.63, 3.8) is 0 Å². The number of carbonyl (C=O) groups excluding carboxylic acids is 3. The summed E-state index contributed by atoms with van der Waals surface area (Å²) in [6.07, 6.45) is -1.19. The van der Waals surface area contributed by atoms with Crippen molar-refractivity contribution in [2.24, 2.45) is 0 Å². The molecule has 166 valence electrons. The highest BCUT2D eigenvalue weighted by molar-refractivity contribution is 7.89. The number of nitrogens with one attached hydrogen (secondary N) is 2. The standard InChI is InChI=1S/C21H24N2O7S/c1-13(23-31(27,28)19-10-8-18(29-4)9-11-19)21(26)30-15(3)20(25)22-17-7-5-6-16(12-17)14(2)24/h5-13,15,23H,1-4H3,(H,22,25). The SMILES string of the molecule is COc1ccc(S(=O)(=O)NC(C)C(=O)OC(C)C(=O)Nc2cccc(C(C)=O)c2)cc1. The van der Waals surface area contributed by atoms with E-state index in [1.54, 1.807) is 18.2 Å². The van der Waals surface area contributed by atoms with Crippen molar-refractivity contribution in [1.82, 2.24) is 4.72 Å². The minimum absolute atomic E-state index is 0.0518. The van der Waals surface area contributed by atoms with Gasteiger partial charge in [0.2, 0.25) is 10.0 Å². The second kappa shape index (κ2) is 10.2. The summed E-state index contributed by atoms with van der Waals surface area (Å²) in [4.78, 5) is 36.0. The molecule has 1 amide bonds. The van der Waals surface area contributed by atoms with E-state index in [4.69, 9.17) is 9.47 Å². The topological polar surface area (TPSA) is 128 Å². The Morgan fingerprint density at radius 1 is 1.00 bits per heavy atom. The first-order valence-electron chi connectivity index (χ1n) is 9.32. The first-order valence-corrected chi connectivity index (χ1v) is 10.8. The van der Waals surface area contributed by atoms with Crippen LogP contribution in [0.25, 0.3) is 0 Å². The molecule has 2 rings (SSSR count). The maximum atomic E-state index is 12.4. The molecule has 2 aromatic rings. The maximum absolute atomic E-state index is 12.4. The zero-order valence-electron chi connectivity index (χ0n) is 17.5. The molecule has 0 saturated carbocycles. The van der Waals surface area contributed by atoms with E-state index in [1.807, 2.05) is 0 Å². The summed E-state index contributed by atoms with van der Waals surface area (Å²) in [7, 11) is -2.53. The van der Waals surface area contributed by atoms with Crippen LogP contribution in [-0.4, -0.2) is 45.3 Å². The van der Waals surface area contributed by atoms with Crippen molar-refractivity contribution in [3.8, 4) is 5.75 Å². The van der Waals surface area contributed by atoms with Gasteiger partial charge in [0.25, 0.3) is 5.91 Å². The third kappa shape index (κ3) is 6.63. The highest BCUT2D eigenvalue weighted by Crippen LogP contribution is 2.16. The Hall–Kier alpha value is -3.24. The lowest BCUT2D eigenvalue weighted by molar-refractivity contribution is -0.154. The Labute approximate surface area is 180 Å². The monoisotopic (exact) mass is 448 g/mol. The van der Waals surface area contributed by atoms with E-state index in [-0.39, 0.29) is 10.7 Å². The molecule has 0 radical (unpaired) electrons. The number of amides is 1. The van der Waals surface area contributed by atoms with Gasteiger partial charge >= 0.3 is 5.97 Å². The van der Waals surface area contributed by atoms with E-state index >= 15 is 0 Å². The fourth-order valence-electron chi connectivity index (χ4n) is 2.49. The Kier molecular flexibility index (Phi) is 7.89. The Bertz CT molecular complexity index is 1070. The number of methoxy groups -OCH3 is 1. The average molecular weight is 448 g/mol. The van der Waals surface area contributed by atoms with Crippen LogP contribution >= 0.6 is 0 Å². The summed E-state index contributed by atoms with van der Waals surface area (Å²) in [6, 6.07) is 10.7. The number of hydrogen-bond donors (Lipinski definition) is 2. The van der Waals surface area contributed by atoms with Gasteiger partial charge in [0, 0.05) is 11.3 Å². The number of ketones is 1. The van der Waals surface area contributed by atoms with Crippen molar-refractivity contribution in [2.75, 3.05) is 12.4 Å². The third-order valence-corrected chi connectivity index (χ3v) is 5.81. The molecule has 0 aromatic heterocycles. The van der Waals surface area contributed by atoms with Gasteiger partial charge in [-0.1, -0.05) is 12.1 Å². The van der Waals surface area contributed by atoms with Gasteiger partial charge in [-0.25, -0.2) is 8.42 Å². The molecule has 10 heteroatoms. The first kappa shape index (κ1) is 24.0. The molecule has 0 spiro atoms. The van der Waals surface area contributed by atoms with E-state index in [0.717, 1.165) is 0 Å². The number of hydrogen-bond acceptors (Lipinski definition) is 7. The Morgan fingerprint density at radius 3 is 2.23 bits per heavy atom. The molecule has 0 heterocycles. The van der Waals surface area contributed by atoms with Crippen LogP contribution in [0.2, 0.25) is 0 Å². The van der Waals surface area contributed by atoms with Gasteiger partial charge in [-0.2, -0.15) is 4.72 Å². The lowest BCUT2D eigenvalue weighted by atomic mass is 10.1. The summed E-state index contributed by atoms with van der Waals surface area (Å²) in [5, 5.41) is 2.55. The number of esters is 1. The Morgan fingerprint density at radius 2 is 1.65 bits per heavy atom. The van der Waals surface area contributed by atoms with Crippen LogP contribution in [0.5, 0.6) is 5.75 Å². The lowest BCUT2D eigenvalue weighted by Gasteiger charge is -2.18. The highest BCUT2D eigenvalue weighted by atomic mass is 32.2. The average Bonchev–Trinajstić information content (AvgIpc) is 2.73. The van der Waals surface area contributed by atoms with Gasteiger partial charge in [-0.05, 0) is 57.2 Å². The van der Waals surface area contributed by atoms with Crippen LogP contribution in [0.15, 0.2) is 53.4 Å². The summed E-state index contributed by atoms with van der Waals surface area (Å²) < 4.78 is 37.1. The molecule has 0 bridgehead atoms. The van der Waals surface area contributed by atoms with Crippen molar-refractivity contribution >= 4 is 33.4 Å². The van der Waals surface area contributed by atoms with Crippen LogP contribution in [0.4, 0.5) is 5.69 Å². The number of anilines is 1.